The summed E-state index contributed by atoms with van der Waals surface area (Å²) in [5.41, 5.74) is 7.10. The Morgan fingerprint density at radius 3 is 2.36 bits per heavy atom. The lowest BCUT2D eigenvalue weighted by atomic mass is 9.92. The maximum atomic E-state index is 14.4. The molecule has 6 aromatic rings. The lowest BCUT2D eigenvalue weighted by Crippen LogP contribution is -2.51. The van der Waals surface area contributed by atoms with Crippen LogP contribution in [-0.2, 0) is 30.4 Å². The first-order valence-corrected chi connectivity index (χ1v) is 22.6. The Kier molecular flexibility index (Phi) is 12.4. The van der Waals surface area contributed by atoms with Crippen molar-refractivity contribution in [1.29, 1.82) is 0 Å². The predicted molar refractivity (Wildman–Crippen MR) is 247 cm³/mol. The van der Waals surface area contributed by atoms with Crippen molar-refractivity contribution in [1.82, 2.24) is 40.4 Å². The van der Waals surface area contributed by atoms with Crippen molar-refractivity contribution in [3.8, 4) is 28.1 Å². The minimum absolute atomic E-state index is 0.0579. The lowest BCUT2D eigenvalue weighted by Gasteiger charge is -2.30. The van der Waals surface area contributed by atoms with Gasteiger partial charge >= 0.3 is 12.2 Å². The molecular weight excluding hydrogens is 841 g/mol. The summed E-state index contributed by atoms with van der Waals surface area (Å²) in [6.07, 6.45) is 2.58. The number of methoxy groups -OCH3 is 3. The first-order valence-electron chi connectivity index (χ1n) is 22.6. The number of ether oxygens (including phenoxy) is 4. The van der Waals surface area contributed by atoms with Gasteiger partial charge in [-0.1, -0.05) is 75.7 Å². The molecule has 344 valence electrons. The highest BCUT2D eigenvalue weighted by Crippen LogP contribution is 2.44. The molecule has 3 aliphatic heterocycles. The van der Waals surface area contributed by atoms with Gasteiger partial charge in [-0.2, -0.15) is 0 Å². The monoisotopic (exact) mass is 896 g/mol. The van der Waals surface area contributed by atoms with Crippen LogP contribution >= 0.6 is 0 Å². The molecule has 4 amide bonds. The van der Waals surface area contributed by atoms with Gasteiger partial charge in [-0.15, -0.1) is 0 Å². The van der Waals surface area contributed by atoms with E-state index in [2.05, 4.69) is 63.9 Å². The van der Waals surface area contributed by atoms with E-state index in [-0.39, 0.29) is 35.6 Å². The topological polar surface area (TPSA) is 193 Å². The second-order valence-corrected chi connectivity index (χ2v) is 17.9. The van der Waals surface area contributed by atoms with Crippen molar-refractivity contribution in [2.75, 3.05) is 41.0 Å². The van der Waals surface area contributed by atoms with E-state index in [4.69, 9.17) is 28.9 Å². The van der Waals surface area contributed by atoms with E-state index < -0.39 is 30.3 Å². The van der Waals surface area contributed by atoms with Gasteiger partial charge in [0.2, 0.25) is 5.91 Å². The third kappa shape index (κ3) is 8.41. The molecule has 4 aromatic carbocycles. The molecular formula is C50H56N8O8. The maximum absolute atomic E-state index is 14.4. The Morgan fingerprint density at radius 2 is 1.61 bits per heavy atom. The van der Waals surface area contributed by atoms with Gasteiger partial charge in [0.15, 0.2) is 0 Å². The molecule has 2 fully saturated rings. The zero-order valence-electron chi connectivity index (χ0n) is 38.1. The van der Waals surface area contributed by atoms with Crippen LogP contribution < -0.4 is 15.4 Å². The molecule has 66 heavy (non-hydrogen) atoms. The van der Waals surface area contributed by atoms with Gasteiger partial charge < -0.3 is 49.3 Å². The van der Waals surface area contributed by atoms with Gasteiger partial charge in [-0.25, -0.2) is 19.6 Å². The number of aromatic nitrogens is 4. The molecule has 7 atom stereocenters. The van der Waals surface area contributed by atoms with Crippen molar-refractivity contribution in [3.05, 3.63) is 102 Å². The van der Waals surface area contributed by atoms with Crippen LogP contribution in [0.15, 0.2) is 79.0 Å². The Bertz CT molecular complexity index is 2790. The fourth-order valence-corrected chi connectivity index (χ4v) is 9.94. The summed E-state index contributed by atoms with van der Waals surface area (Å²) in [6.45, 7) is 7.91. The van der Waals surface area contributed by atoms with Crippen LogP contribution in [-0.4, -0.2) is 101 Å². The van der Waals surface area contributed by atoms with E-state index in [1.54, 1.807) is 12.0 Å². The number of fused-ring (bicyclic) bond motifs is 6. The number of H-pyrrole nitrogens is 2. The quantitative estimate of drug-likeness (QED) is 0.0936. The number of carbonyl (C=O) groups is 4. The lowest BCUT2D eigenvalue weighted by molar-refractivity contribution is -0.136. The Morgan fingerprint density at radius 1 is 0.848 bits per heavy atom. The van der Waals surface area contributed by atoms with Gasteiger partial charge in [0.1, 0.15) is 36.1 Å². The minimum Gasteiger partial charge on any atom is -0.488 e. The van der Waals surface area contributed by atoms with Crippen LogP contribution in [0.25, 0.3) is 44.2 Å². The fourth-order valence-electron chi connectivity index (χ4n) is 9.94. The maximum Gasteiger partial charge on any atom is 0.407 e. The molecule has 16 heteroatoms. The van der Waals surface area contributed by atoms with E-state index in [9.17, 15) is 19.2 Å². The molecule has 0 aliphatic carbocycles. The number of carbonyl (C=O) groups excluding carboxylic acids is 4. The molecule has 5 heterocycles. The molecule has 2 saturated heterocycles. The van der Waals surface area contributed by atoms with Crippen molar-refractivity contribution in [2.24, 2.45) is 17.8 Å². The molecule has 0 saturated carbocycles. The first-order chi connectivity index (χ1) is 32.0. The highest BCUT2D eigenvalue weighted by molar-refractivity contribution is 6.07. The van der Waals surface area contributed by atoms with Gasteiger partial charge in [0, 0.05) is 37.1 Å². The molecule has 2 aromatic heterocycles. The summed E-state index contributed by atoms with van der Waals surface area (Å²) in [7, 11) is 4.23. The van der Waals surface area contributed by atoms with Gasteiger partial charge in [-0.05, 0) is 76.6 Å². The second-order valence-electron chi connectivity index (χ2n) is 17.9. The number of alkyl carbamates (subject to hydrolysis) is 2. The second kappa shape index (κ2) is 18.5. The summed E-state index contributed by atoms with van der Waals surface area (Å²) in [4.78, 5) is 73.8. The number of benzene rings is 4. The smallest absolute Gasteiger partial charge is 0.407 e. The predicted octanol–water partition coefficient (Wildman–Crippen LogP) is 7.98. The van der Waals surface area contributed by atoms with E-state index in [0.717, 1.165) is 61.9 Å². The summed E-state index contributed by atoms with van der Waals surface area (Å²) in [5.74, 6) is 1.94. The first kappa shape index (κ1) is 44.3. The molecule has 3 aliphatic rings. The Hall–Kier alpha value is -6.94. The van der Waals surface area contributed by atoms with Crippen molar-refractivity contribution in [3.63, 3.8) is 0 Å². The van der Waals surface area contributed by atoms with E-state index in [1.165, 1.54) is 14.2 Å². The molecule has 0 spiro atoms. The zero-order chi connectivity index (χ0) is 46.2. The number of rotatable bonds is 12. The third-order valence-corrected chi connectivity index (χ3v) is 13.5. The van der Waals surface area contributed by atoms with Crippen molar-refractivity contribution < 1.29 is 38.1 Å². The van der Waals surface area contributed by atoms with Crippen LogP contribution in [0.4, 0.5) is 9.59 Å². The van der Waals surface area contributed by atoms with Crippen LogP contribution in [0.1, 0.15) is 80.9 Å². The number of aromatic amines is 2. The summed E-state index contributed by atoms with van der Waals surface area (Å²) in [5, 5.41) is 7.43. The number of nitrogens with one attached hydrogen (secondary N) is 4. The number of hydrogen-bond acceptors (Lipinski definition) is 10. The van der Waals surface area contributed by atoms with E-state index >= 15 is 0 Å². The van der Waals surface area contributed by atoms with Crippen LogP contribution in [0.2, 0.25) is 0 Å². The van der Waals surface area contributed by atoms with Crippen LogP contribution in [0.3, 0.4) is 0 Å². The molecule has 0 bridgehead atoms. The average molecular weight is 897 g/mol. The van der Waals surface area contributed by atoms with Gasteiger partial charge in [0.25, 0.3) is 5.91 Å². The van der Waals surface area contributed by atoms with Crippen molar-refractivity contribution in [2.45, 2.75) is 70.8 Å². The number of imidazole rings is 2. The van der Waals surface area contributed by atoms with Crippen LogP contribution in [0, 0.1) is 17.8 Å². The average Bonchev–Trinajstić information content (AvgIpc) is 4.17. The third-order valence-electron chi connectivity index (χ3n) is 13.5. The van der Waals surface area contributed by atoms with E-state index in [1.807, 2.05) is 61.3 Å². The highest BCUT2D eigenvalue weighted by atomic mass is 16.5. The molecule has 5 unspecified atom stereocenters. The van der Waals surface area contributed by atoms with Gasteiger partial charge in [-0.3, -0.25) is 9.59 Å². The SMILES string of the molecule is CCC(C)C(NC(=O)OC)C(=O)N1C[C@@H](C)CC1c1ncc(-c2ccc3c(c2)COc2cc4c(ccc5[nH]c([C@@H]6CC(COC)CN6C(=O)C(NC(=O)OC)c6ccccc6)nc54)cc2-3)[nH]1. The Balaban J connectivity index is 0.979. The largest absolute Gasteiger partial charge is 0.488 e. The normalized spacial score (nSPS) is 20.3. The summed E-state index contributed by atoms with van der Waals surface area (Å²) >= 11 is 0. The fraction of sp³-hybridized carbons (Fsp3) is 0.400. The molecule has 16 nitrogen and oxygen atoms in total. The number of likely N-dealkylation sites (tertiary alicyclic amines) is 2. The standard InChI is InChI=1S/C50H56N8O8/c1-7-28(3)42(55-49(61)64-5)47(59)57-23-27(2)17-39(57)45-51-22-38(53-45)32-13-15-34-33(19-32)26-66-41-21-35-31(20-36(34)41)14-16-37-44(35)54-46(52-37)40-18-29(25-63-4)24-58(40)48(60)43(56-50(62)65-6)30-11-9-8-10-12-30/h8-16,19-22,27-29,39-40,42-43H,7,17-18,23-26H2,1-6H3,(H,51,53)(H,52,54)(H,55,61)(H,56,62)/t27-,28?,29?,39?,40-,42?,43?/m0/s1. The van der Waals surface area contributed by atoms with Crippen molar-refractivity contribution >= 4 is 45.8 Å². The zero-order valence-corrected chi connectivity index (χ0v) is 38.1. The summed E-state index contributed by atoms with van der Waals surface area (Å²) < 4.78 is 21.8. The summed E-state index contributed by atoms with van der Waals surface area (Å²) in [6, 6.07) is 21.4. The minimum atomic E-state index is -0.956. The molecule has 9 rings (SSSR count). The molecule has 4 N–H and O–H groups in total. The number of nitrogens with zero attached hydrogens (tertiary/aromatic N) is 4. The van der Waals surface area contributed by atoms with Gasteiger partial charge in [0.05, 0.1) is 55.8 Å². The number of hydrogen-bond donors (Lipinski definition) is 4. The highest BCUT2D eigenvalue weighted by Gasteiger charge is 2.43. The molecule has 0 radical (unpaired) electrons. The van der Waals surface area contributed by atoms with Crippen LogP contribution in [0.5, 0.6) is 5.75 Å². The number of amides is 4. The Labute approximate surface area is 382 Å². The van der Waals surface area contributed by atoms with E-state index in [0.29, 0.717) is 56.4 Å².